The van der Waals surface area contributed by atoms with E-state index in [4.69, 9.17) is 4.74 Å². The Morgan fingerprint density at radius 1 is 0.947 bits per heavy atom. The molecule has 2 aliphatic rings. The van der Waals surface area contributed by atoms with Crippen LogP contribution in [-0.4, -0.2) is 6.61 Å². The van der Waals surface area contributed by atoms with E-state index in [-0.39, 0.29) is 6.10 Å². The minimum atomic E-state index is 0.252. The quantitative estimate of drug-likeness (QED) is 0.829. The second-order valence-corrected chi connectivity index (χ2v) is 5.36. The molecule has 2 aromatic carbocycles. The molecule has 1 saturated heterocycles. The van der Waals surface area contributed by atoms with Gasteiger partial charge in [0.05, 0.1) is 12.1 Å². The first kappa shape index (κ1) is 11.1. The molecule has 2 nitrogen and oxygen atoms in total. The predicted octanol–water partition coefficient (Wildman–Crippen LogP) is 3.93. The van der Waals surface area contributed by atoms with Gasteiger partial charge in [-0.25, -0.2) is 0 Å². The standard InChI is InChI=1S/C17H17NO/c1-2-6-12(7-3-1)16-14-10-11-19-17(14)13-8-4-5-9-15(13)18-16/h1-9,14,16-18H,10-11H2/t14-,16?,17+/m1/s1. The van der Waals surface area contributed by atoms with Crippen LogP contribution < -0.4 is 5.32 Å². The van der Waals surface area contributed by atoms with Crippen LogP contribution in [0.3, 0.4) is 0 Å². The summed E-state index contributed by atoms with van der Waals surface area (Å²) in [6, 6.07) is 19.6. The van der Waals surface area contributed by atoms with E-state index in [9.17, 15) is 0 Å². The van der Waals surface area contributed by atoms with Crippen molar-refractivity contribution in [3.8, 4) is 0 Å². The maximum Gasteiger partial charge on any atom is 0.0896 e. The largest absolute Gasteiger partial charge is 0.378 e. The zero-order valence-corrected chi connectivity index (χ0v) is 10.8. The van der Waals surface area contributed by atoms with Crippen molar-refractivity contribution in [2.75, 3.05) is 11.9 Å². The topological polar surface area (TPSA) is 21.3 Å². The molecular weight excluding hydrogens is 234 g/mol. The normalized spacial score (nSPS) is 28.3. The molecule has 19 heavy (non-hydrogen) atoms. The maximum absolute atomic E-state index is 6.00. The third kappa shape index (κ3) is 1.75. The number of nitrogens with one attached hydrogen (secondary N) is 1. The van der Waals surface area contributed by atoms with Crippen molar-refractivity contribution < 1.29 is 4.74 Å². The summed E-state index contributed by atoms with van der Waals surface area (Å²) in [5.41, 5.74) is 3.90. The first-order valence-corrected chi connectivity index (χ1v) is 6.95. The van der Waals surface area contributed by atoms with Crippen LogP contribution in [0.4, 0.5) is 5.69 Å². The highest BCUT2D eigenvalue weighted by Gasteiger charge is 2.41. The molecule has 0 spiro atoms. The van der Waals surface area contributed by atoms with E-state index in [1.807, 2.05) is 0 Å². The Bertz CT molecular complexity index is 581. The fourth-order valence-electron chi connectivity index (χ4n) is 3.41. The molecule has 1 unspecified atom stereocenters. The number of benzene rings is 2. The molecule has 3 atom stereocenters. The summed E-state index contributed by atoms with van der Waals surface area (Å²) >= 11 is 0. The molecule has 1 fully saturated rings. The number of para-hydroxylation sites is 1. The zero-order valence-electron chi connectivity index (χ0n) is 10.8. The minimum Gasteiger partial charge on any atom is -0.378 e. The van der Waals surface area contributed by atoms with Crippen molar-refractivity contribution in [2.45, 2.75) is 18.6 Å². The molecule has 4 rings (SSSR count). The van der Waals surface area contributed by atoms with Gasteiger partial charge in [0.1, 0.15) is 0 Å². The number of hydrogen-bond acceptors (Lipinski definition) is 2. The summed E-state index contributed by atoms with van der Waals surface area (Å²) < 4.78 is 6.00. The van der Waals surface area contributed by atoms with E-state index in [0.29, 0.717) is 12.0 Å². The van der Waals surface area contributed by atoms with Crippen LogP contribution in [0.2, 0.25) is 0 Å². The molecule has 0 amide bonds. The smallest absolute Gasteiger partial charge is 0.0896 e. The summed E-state index contributed by atoms with van der Waals surface area (Å²) in [7, 11) is 0. The molecule has 96 valence electrons. The zero-order chi connectivity index (χ0) is 12.7. The van der Waals surface area contributed by atoms with Crippen LogP contribution in [0.15, 0.2) is 54.6 Å². The second kappa shape index (κ2) is 4.39. The van der Waals surface area contributed by atoms with Crippen molar-refractivity contribution in [1.29, 1.82) is 0 Å². The molecule has 0 aromatic heterocycles. The van der Waals surface area contributed by atoms with Gasteiger partial charge in [-0.1, -0.05) is 48.5 Å². The van der Waals surface area contributed by atoms with E-state index in [2.05, 4.69) is 59.9 Å². The van der Waals surface area contributed by atoms with Gasteiger partial charge in [0.25, 0.3) is 0 Å². The van der Waals surface area contributed by atoms with E-state index in [0.717, 1.165) is 13.0 Å². The second-order valence-electron chi connectivity index (χ2n) is 5.36. The number of ether oxygens (including phenoxy) is 1. The third-order valence-corrected chi connectivity index (χ3v) is 4.30. The predicted molar refractivity (Wildman–Crippen MR) is 76.0 cm³/mol. The highest BCUT2D eigenvalue weighted by atomic mass is 16.5. The Morgan fingerprint density at radius 2 is 1.74 bits per heavy atom. The first-order valence-electron chi connectivity index (χ1n) is 6.95. The van der Waals surface area contributed by atoms with Gasteiger partial charge in [-0.15, -0.1) is 0 Å². The van der Waals surface area contributed by atoms with E-state index in [1.54, 1.807) is 0 Å². The summed E-state index contributed by atoms with van der Waals surface area (Å²) in [6.45, 7) is 0.870. The van der Waals surface area contributed by atoms with Crippen LogP contribution >= 0.6 is 0 Å². The van der Waals surface area contributed by atoms with Gasteiger partial charge in [0, 0.05) is 23.8 Å². The van der Waals surface area contributed by atoms with Gasteiger partial charge in [-0.3, -0.25) is 0 Å². The molecule has 0 radical (unpaired) electrons. The summed E-state index contributed by atoms with van der Waals surface area (Å²) in [5.74, 6) is 0.539. The molecule has 2 heterocycles. The maximum atomic E-state index is 6.00. The van der Waals surface area contributed by atoms with Crippen molar-refractivity contribution in [3.63, 3.8) is 0 Å². The number of rotatable bonds is 1. The average Bonchev–Trinajstić information content (AvgIpc) is 2.97. The minimum absolute atomic E-state index is 0.252. The summed E-state index contributed by atoms with van der Waals surface area (Å²) in [5, 5.41) is 3.70. The highest BCUT2D eigenvalue weighted by Crippen LogP contribution is 2.49. The van der Waals surface area contributed by atoms with Gasteiger partial charge in [0.2, 0.25) is 0 Å². The lowest BCUT2D eigenvalue weighted by Crippen LogP contribution is -2.29. The van der Waals surface area contributed by atoms with Gasteiger partial charge in [-0.05, 0) is 18.1 Å². The van der Waals surface area contributed by atoms with Crippen molar-refractivity contribution in [3.05, 3.63) is 65.7 Å². The lowest BCUT2D eigenvalue weighted by atomic mass is 9.81. The average molecular weight is 251 g/mol. The lowest BCUT2D eigenvalue weighted by molar-refractivity contribution is 0.0829. The molecule has 0 aliphatic carbocycles. The van der Waals surface area contributed by atoms with Crippen molar-refractivity contribution >= 4 is 5.69 Å². The Labute approximate surface area is 113 Å². The van der Waals surface area contributed by atoms with Crippen LogP contribution in [0.5, 0.6) is 0 Å². The highest BCUT2D eigenvalue weighted by molar-refractivity contribution is 5.57. The Balaban J connectivity index is 1.79. The summed E-state index contributed by atoms with van der Waals surface area (Å²) in [4.78, 5) is 0. The van der Waals surface area contributed by atoms with Crippen LogP contribution in [0.25, 0.3) is 0 Å². The molecule has 0 saturated carbocycles. The fourth-order valence-corrected chi connectivity index (χ4v) is 3.41. The fraction of sp³-hybridized carbons (Fsp3) is 0.294. The van der Waals surface area contributed by atoms with Gasteiger partial charge in [-0.2, -0.15) is 0 Å². The van der Waals surface area contributed by atoms with Gasteiger partial charge in [0.15, 0.2) is 0 Å². The molecule has 2 aliphatic heterocycles. The van der Waals surface area contributed by atoms with Crippen LogP contribution in [0.1, 0.15) is 29.7 Å². The van der Waals surface area contributed by atoms with Gasteiger partial charge < -0.3 is 10.1 Å². The van der Waals surface area contributed by atoms with E-state index in [1.165, 1.54) is 16.8 Å². The first-order chi connectivity index (χ1) is 9.43. The van der Waals surface area contributed by atoms with Crippen molar-refractivity contribution in [1.82, 2.24) is 0 Å². The Hall–Kier alpha value is -1.80. The number of fused-ring (bicyclic) bond motifs is 3. The molecular formula is C17H17NO. The van der Waals surface area contributed by atoms with Crippen molar-refractivity contribution in [2.24, 2.45) is 5.92 Å². The Morgan fingerprint density at radius 3 is 2.63 bits per heavy atom. The Kier molecular flexibility index (Phi) is 2.56. The van der Waals surface area contributed by atoms with E-state index < -0.39 is 0 Å². The SMILES string of the molecule is c1ccc(C2Nc3ccccc3[C@@H]3OCC[C@H]23)cc1. The van der Waals surface area contributed by atoms with Crippen LogP contribution in [-0.2, 0) is 4.74 Å². The molecule has 2 heteroatoms. The molecule has 2 aromatic rings. The van der Waals surface area contributed by atoms with Crippen LogP contribution in [0, 0.1) is 5.92 Å². The monoisotopic (exact) mass is 251 g/mol. The summed E-state index contributed by atoms with van der Waals surface area (Å²) in [6.07, 6.45) is 1.38. The molecule has 0 bridgehead atoms. The van der Waals surface area contributed by atoms with Gasteiger partial charge >= 0.3 is 0 Å². The number of anilines is 1. The lowest BCUT2D eigenvalue weighted by Gasteiger charge is -2.36. The third-order valence-electron chi connectivity index (χ3n) is 4.30. The van der Waals surface area contributed by atoms with E-state index >= 15 is 0 Å². The molecule has 1 N–H and O–H groups in total. The number of hydrogen-bond donors (Lipinski definition) is 1.